The van der Waals surface area contributed by atoms with Crippen molar-refractivity contribution in [2.75, 3.05) is 32.6 Å². The maximum Gasteiger partial charge on any atom is 0.414 e. The second-order valence-corrected chi connectivity index (χ2v) is 6.31. The van der Waals surface area contributed by atoms with E-state index in [0.717, 1.165) is 37.9 Å². The molecule has 1 atom stereocenters. The number of ether oxygens (including phenoxy) is 2. The predicted octanol–water partition coefficient (Wildman–Crippen LogP) is 2.06. The molecule has 1 aliphatic rings. The van der Waals surface area contributed by atoms with Crippen molar-refractivity contribution in [3.05, 3.63) is 18.2 Å². The van der Waals surface area contributed by atoms with Crippen molar-refractivity contribution < 1.29 is 34.1 Å². The van der Waals surface area contributed by atoms with E-state index in [0.29, 0.717) is 18.1 Å². The van der Waals surface area contributed by atoms with Gasteiger partial charge in [0.2, 0.25) is 5.91 Å². The number of amides is 1. The predicted molar refractivity (Wildman–Crippen MR) is 103 cm³/mol. The monoisotopic (exact) mass is 396 g/mol. The Morgan fingerprint density at radius 2 is 1.89 bits per heavy atom. The van der Waals surface area contributed by atoms with Crippen molar-refractivity contribution in [1.29, 1.82) is 0 Å². The number of anilines is 1. The van der Waals surface area contributed by atoms with Gasteiger partial charge in [0.05, 0.1) is 19.8 Å². The molecule has 0 spiro atoms. The summed E-state index contributed by atoms with van der Waals surface area (Å²) >= 11 is 0. The van der Waals surface area contributed by atoms with Crippen LogP contribution in [0, 0.1) is 0 Å². The van der Waals surface area contributed by atoms with Gasteiger partial charge < -0.3 is 25.0 Å². The van der Waals surface area contributed by atoms with E-state index in [1.807, 2.05) is 25.2 Å². The minimum Gasteiger partial charge on any atom is -0.493 e. The first-order valence-corrected chi connectivity index (χ1v) is 9.08. The van der Waals surface area contributed by atoms with Gasteiger partial charge >= 0.3 is 11.9 Å². The first kappa shape index (κ1) is 23.2. The quantitative estimate of drug-likeness (QED) is 0.472. The highest BCUT2D eigenvalue weighted by atomic mass is 16.5. The molecule has 3 N–H and O–H groups in total. The molecule has 28 heavy (non-hydrogen) atoms. The second kappa shape index (κ2) is 11.8. The van der Waals surface area contributed by atoms with E-state index >= 15 is 0 Å². The molecule has 9 heteroatoms. The molecule has 1 heterocycles. The standard InChI is InChI=1S/C17H26N2O3.C2H2O4/c1-4-5-11-22-16-12-13(8-9-15(16)21-3)18-17(20)14-7-6-10-19(14)2;3-1(4)2(5)6/h8-9,12,14H,4-7,10-11H2,1-3H3,(H,18,20);(H,3,4)(H,5,6). The van der Waals surface area contributed by atoms with Gasteiger partial charge in [0, 0.05) is 11.8 Å². The lowest BCUT2D eigenvalue weighted by Crippen LogP contribution is -2.37. The molecule has 0 saturated carbocycles. The van der Waals surface area contributed by atoms with Crippen LogP contribution in [0.5, 0.6) is 11.5 Å². The third-order valence-corrected chi connectivity index (χ3v) is 4.19. The minimum absolute atomic E-state index is 0.0356. The molecule has 1 saturated heterocycles. The Hall–Kier alpha value is -2.81. The van der Waals surface area contributed by atoms with E-state index in [1.165, 1.54) is 0 Å². The summed E-state index contributed by atoms with van der Waals surface area (Å²) in [5.41, 5.74) is 0.748. The molecule has 1 aromatic rings. The zero-order chi connectivity index (χ0) is 21.1. The summed E-state index contributed by atoms with van der Waals surface area (Å²) in [7, 11) is 3.61. The zero-order valence-corrected chi connectivity index (χ0v) is 16.4. The number of nitrogens with one attached hydrogen (secondary N) is 1. The second-order valence-electron chi connectivity index (χ2n) is 6.31. The fourth-order valence-electron chi connectivity index (χ4n) is 2.66. The summed E-state index contributed by atoms with van der Waals surface area (Å²) in [6.07, 6.45) is 4.06. The number of unbranched alkanes of at least 4 members (excludes halogenated alkanes) is 1. The van der Waals surface area contributed by atoms with Gasteiger partial charge in [0.1, 0.15) is 0 Å². The molecule has 2 rings (SSSR count). The van der Waals surface area contributed by atoms with Crippen LogP contribution in [0.2, 0.25) is 0 Å². The molecule has 1 aliphatic heterocycles. The molecule has 1 fully saturated rings. The summed E-state index contributed by atoms with van der Waals surface area (Å²) in [5, 5.41) is 17.8. The SMILES string of the molecule is CCCCOc1cc(NC(=O)C2CCCN2C)ccc1OC.O=C(O)C(=O)O. The Balaban J connectivity index is 0.000000568. The van der Waals surface area contributed by atoms with Gasteiger partial charge in [-0.15, -0.1) is 0 Å². The third kappa shape index (κ3) is 7.43. The van der Waals surface area contributed by atoms with Crippen molar-refractivity contribution in [3.63, 3.8) is 0 Å². The number of methoxy groups -OCH3 is 1. The number of carboxylic acids is 2. The number of carbonyl (C=O) groups is 3. The van der Waals surface area contributed by atoms with Gasteiger partial charge in [-0.1, -0.05) is 13.3 Å². The van der Waals surface area contributed by atoms with Crippen molar-refractivity contribution in [3.8, 4) is 11.5 Å². The molecular weight excluding hydrogens is 368 g/mol. The molecule has 0 aliphatic carbocycles. The smallest absolute Gasteiger partial charge is 0.414 e. The van der Waals surface area contributed by atoms with Gasteiger partial charge in [0.25, 0.3) is 0 Å². The Bertz CT molecular complexity index is 666. The maximum absolute atomic E-state index is 12.3. The highest BCUT2D eigenvalue weighted by molar-refractivity contribution is 6.27. The van der Waals surface area contributed by atoms with Gasteiger partial charge in [-0.05, 0) is 45.0 Å². The number of rotatable bonds is 7. The first-order valence-electron chi connectivity index (χ1n) is 9.08. The highest BCUT2D eigenvalue weighted by Gasteiger charge is 2.27. The molecule has 1 amide bonds. The third-order valence-electron chi connectivity index (χ3n) is 4.19. The molecule has 1 aromatic carbocycles. The average Bonchev–Trinajstić information content (AvgIpc) is 3.09. The summed E-state index contributed by atoms with van der Waals surface area (Å²) in [5.74, 6) is -2.24. The van der Waals surface area contributed by atoms with Crippen LogP contribution in [0.1, 0.15) is 32.6 Å². The number of likely N-dealkylation sites (N-methyl/N-ethyl adjacent to an activating group) is 1. The first-order chi connectivity index (χ1) is 13.3. The van der Waals surface area contributed by atoms with E-state index in [2.05, 4.69) is 17.1 Å². The average molecular weight is 396 g/mol. The van der Waals surface area contributed by atoms with Crippen molar-refractivity contribution in [2.24, 2.45) is 0 Å². The Kier molecular flexibility index (Phi) is 9.80. The summed E-state index contributed by atoms with van der Waals surface area (Å²) in [6.45, 7) is 3.75. The molecule has 0 bridgehead atoms. The number of benzene rings is 1. The fourth-order valence-corrected chi connectivity index (χ4v) is 2.66. The lowest BCUT2D eigenvalue weighted by Gasteiger charge is -2.19. The summed E-state index contributed by atoms with van der Waals surface area (Å²) in [6, 6.07) is 5.47. The zero-order valence-electron chi connectivity index (χ0n) is 16.4. The van der Waals surface area contributed by atoms with E-state index in [1.54, 1.807) is 7.11 Å². The van der Waals surface area contributed by atoms with Gasteiger partial charge in [-0.2, -0.15) is 0 Å². The number of likely N-dealkylation sites (tertiary alicyclic amines) is 1. The van der Waals surface area contributed by atoms with Crippen LogP contribution in [-0.2, 0) is 14.4 Å². The fraction of sp³-hybridized carbons (Fsp3) is 0.526. The number of nitrogens with zero attached hydrogens (tertiary/aromatic N) is 1. The number of carboxylic acid groups (broad SMARTS) is 2. The largest absolute Gasteiger partial charge is 0.493 e. The van der Waals surface area contributed by atoms with Crippen LogP contribution in [-0.4, -0.2) is 66.3 Å². The van der Waals surface area contributed by atoms with Crippen LogP contribution in [0.25, 0.3) is 0 Å². The normalized spacial score (nSPS) is 15.9. The van der Waals surface area contributed by atoms with E-state index in [-0.39, 0.29) is 11.9 Å². The molecule has 156 valence electrons. The van der Waals surface area contributed by atoms with Crippen LogP contribution >= 0.6 is 0 Å². The van der Waals surface area contributed by atoms with E-state index < -0.39 is 11.9 Å². The van der Waals surface area contributed by atoms with Crippen molar-refractivity contribution in [1.82, 2.24) is 4.90 Å². The van der Waals surface area contributed by atoms with Gasteiger partial charge in [-0.25, -0.2) is 9.59 Å². The molecular formula is C19H28N2O7. The van der Waals surface area contributed by atoms with Crippen LogP contribution < -0.4 is 14.8 Å². The number of aliphatic carboxylic acids is 2. The maximum atomic E-state index is 12.3. The summed E-state index contributed by atoms with van der Waals surface area (Å²) in [4.78, 5) is 32.6. The molecule has 0 radical (unpaired) electrons. The lowest BCUT2D eigenvalue weighted by molar-refractivity contribution is -0.159. The van der Waals surface area contributed by atoms with Gasteiger partial charge in [0.15, 0.2) is 11.5 Å². The number of hydrogen-bond acceptors (Lipinski definition) is 6. The van der Waals surface area contributed by atoms with Crippen molar-refractivity contribution in [2.45, 2.75) is 38.6 Å². The summed E-state index contributed by atoms with van der Waals surface area (Å²) < 4.78 is 11.1. The topological polar surface area (TPSA) is 125 Å². The Labute approximate surface area is 164 Å². The Morgan fingerprint density at radius 1 is 1.21 bits per heavy atom. The number of carbonyl (C=O) groups excluding carboxylic acids is 1. The molecule has 0 aromatic heterocycles. The number of hydrogen-bond donors (Lipinski definition) is 3. The van der Waals surface area contributed by atoms with E-state index in [9.17, 15) is 4.79 Å². The van der Waals surface area contributed by atoms with E-state index in [4.69, 9.17) is 29.3 Å². The Morgan fingerprint density at radius 3 is 2.39 bits per heavy atom. The lowest BCUT2D eigenvalue weighted by atomic mass is 10.2. The molecule has 1 unspecified atom stereocenters. The van der Waals surface area contributed by atoms with Crippen LogP contribution in [0.3, 0.4) is 0 Å². The minimum atomic E-state index is -1.82. The van der Waals surface area contributed by atoms with Crippen molar-refractivity contribution >= 4 is 23.5 Å². The molecule has 9 nitrogen and oxygen atoms in total. The van der Waals surface area contributed by atoms with Crippen LogP contribution in [0.15, 0.2) is 18.2 Å². The van der Waals surface area contributed by atoms with Gasteiger partial charge in [-0.3, -0.25) is 9.69 Å². The highest BCUT2D eigenvalue weighted by Crippen LogP contribution is 2.30. The van der Waals surface area contributed by atoms with Crippen LogP contribution in [0.4, 0.5) is 5.69 Å².